The zero-order valence-electron chi connectivity index (χ0n) is 12.8. The second-order valence-corrected chi connectivity index (χ2v) is 7.31. The van der Waals surface area contributed by atoms with Gasteiger partial charge < -0.3 is 15.3 Å². The summed E-state index contributed by atoms with van der Waals surface area (Å²) < 4.78 is 28.5. The molecule has 0 spiro atoms. The Bertz CT molecular complexity index is 577. The summed E-state index contributed by atoms with van der Waals surface area (Å²) in [5.74, 6) is -0.576. The Labute approximate surface area is 138 Å². The van der Waals surface area contributed by atoms with Gasteiger partial charge in [-0.15, -0.1) is 0 Å². The van der Waals surface area contributed by atoms with Gasteiger partial charge in [0, 0.05) is 18.8 Å². The van der Waals surface area contributed by atoms with E-state index in [1.165, 1.54) is 0 Å². The number of rotatable bonds is 3. The van der Waals surface area contributed by atoms with Crippen molar-refractivity contribution >= 4 is 29.0 Å². The first kappa shape index (κ1) is 16.5. The van der Waals surface area contributed by atoms with Crippen LogP contribution < -0.4 is 10.2 Å². The molecule has 1 aromatic carbocycles. The Kier molecular flexibility index (Phi) is 4.77. The fourth-order valence-electron chi connectivity index (χ4n) is 3.06. The molecule has 0 bridgehead atoms. The molecule has 1 amide bonds. The van der Waals surface area contributed by atoms with Gasteiger partial charge in [0.15, 0.2) is 11.6 Å². The van der Waals surface area contributed by atoms with Gasteiger partial charge in [-0.1, -0.05) is 0 Å². The Morgan fingerprint density at radius 1 is 1.17 bits per heavy atom. The average Bonchev–Trinajstić information content (AvgIpc) is 3.01. The number of aliphatic hydroxyl groups is 1. The van der Waals surface area contributed by atoms with E-state index in [-0.39, 0.29) is 11.4 Å². The molecule has 2 saturated heterocycles. The number of amides is 1. The maximum atomic E-state index is 14.3. The zero-order chi connectivity index (χ0) is 16.4. The third kappa shape index (κ3) is 3.45. The van der Waals surface area contributed by atoms with Crippen LogP contribution in [0.25, 0.3) is 0 Å². The molecule has 2 aliphatic heterocycles. The number of hydrogen-bond donors (Lipinski definition) is 2. The number of nitrogens with zero attached hydrogens (tertiary/aromatic N) is 1. The number of hydrogen-bond acceptors (Lipinski definition) is 4. The summed E-state index contributed by atoms with van der Waals surface area (Å²) in [6, 6.07) is 2.24. The van der Waals surface area contributed by atoms with Crippen molar-refractivity contribution in [3.05, 3.63) is 23.8 Å². The van der Waals surface area contributed by atoms with Crippen molar-refractivity contribution in [1.29, 1.82) is 0 Å². The lowest BCUT2D eigenvalue weighted by Gasteiger charge is -2.30. The molecule has 2 N–H and O–H groups in total. The highest BCUT2D eigenvalue weighted by atomic mass is 32.2. The molecule has 1 aromatic rings. The maximum Gasteiger partial charge on any atom is 0.256 e. The quantitative estimate of drug-likeness (QED) is 0.887. The molecule has 0 aromatic heterocycles. The lowest BCUT2D eigenvalue weighted by Crippen LogP contribution is -2.45. The van der Waals surface area contributed by atoms with Gasteiger partial charge in [0.2, 0.25) is 0 Å². The topological polar surface area (TPSA) is 52.6 Å². The molecule has 2 fully saturated rings. The molecule has 0 atom stereocenters. The molecular weight excluding hydrogens is 322 g/mol. The van der Waals surface area contributed by atoms with Crippen LogP contribution in [0.4, 0.5) is 20.2 Å². The molecular formula is C16H20F2N2O2S. The molecule has 0 radical (unpaired) electrons. The normalized spacial score (nSPS) is 20.6. The first-order valence-corrected chi connectivity index (χ1v) is 9.01. The minimum absolute atomic E-state index is 0.0340. The summed E-state index contributed by atoms with van der Waals surface area (Å²) in [5.41, 5.74) is -1.45. The van der Waals surface area contributed by atoms with Crippen LogP contribution in [0.15, 0.2) is 12.1 Å². The Balaban J connectivity index is 1.77. The molecule has 4 nitrogen and oxygen atoms in total. The maximum absolute atomic E-state index is 14.3. The summed E-state index contributed by atoms with van der Waals surface area (Å²) in [5, 5.41) is 12.8. The number of benzene rings is 1. The van der Waals surface area contributed by atoms with Crippen molar-refractivity contribution in [2.24, 2.45) is 0 Å². The predicted molar refractivity (Wildman–Crippen MR) is 87.9 cm³/mol. The number of thioether (sulfide) groups is 1. The summed E-state index contributed by atoms with van der Waals surface area (Å²) in [6.45, 7) is 1.27. The number of carbonyl (C=O) groups excluding carboxylic acids is 1. The first-order valence-electron chi connectivity index (χ1n) is 7.85. The van der Waals surface area contributed by atoms with Gasteiger partial charge in [-0.2, -0.15) is 11.8 Å². The van der Waals surface area contributed by atoms with Crippen LogP contribution >= 0.6 is 11.8 Å². The Morgan fingerprint density at radius 2 is 1.74 bits per heavy atom. The first-order chi connectivity index (χ1) is 11.0. The number of halogens is 2. The highest BCUT2D eigenvalue weighted by Crippen LogP contribution is 2.31. The number of nitrogens with one attached hydrogen (secondary N) is 1. The second kappa shape index (κ2) is 6.65. The van der Waals surface area contributed by atoms with E-state index in [2.05, 4.69) is 5.32 Å². The van der Waals surface area contributed by atoms with E-state index in [9.17, 15) is 18.7 Å². The molecule has 23 heavy (non-hydrogen) atoms. The van der Waals surface area contributed by atoms with E-state index in [0.29, 0.717) is 37.4 Å². The molecule has 3 rings (SSSR count). The molecule has 7 heteroatoms. The smallest absolute Gasteiger partial charge is 0.256 e. The van der Waals surface area contributed by atoms with Gasteiger partial charge in [-0.25, -0.2) is 8.78 Å². The van der Waals surface area contributed by atoms with Crippen LogP contribution in [0.3, 0.4) is 0 Å². The van der Waals surface area contributed by atoms with E-state index in [0.717, 1.165) is 25.0 Å². The van der Waals surface area contributed by atoms with Crippen LogP contribution in [0.2, 0.25) is 0 Å². The van der Waals surface area contributed by atoms with Crippen LogP contribution in [0.1, 0.15) is 25.7 Å². The molecule has 2 heterocycles. The molecule has 0 aliphatic carbocycles. The monoisotopic (exact) mass is 342 g/mol. The highest BCUT2D eigenvalue weighted by molar-refractivity contribution is 7.99. The van der Waals surface area contributed by atoms with E-state index in [1.54, 1.807) is 16.7 Å². The van der Waals surface area contributed by atoms with Gasteiger partial charge in [0.25, 0.3) is 5.91 Å². The van der Waals surface area contributed by atoms with Crippen molar-refractivity contribution in [1.82, 2.24) is 0 Å². The van der Waals surface area contributed by atoms with E-state index >= 15 is 0 Å². The van der Waals surface area contributed by atoms with Crippen LogP contribution in [0.5, 0.6) is 0 Å². The molecule has 126 valence electrons. The van der Waals surface area contributed by atoms with Gasteiger partial charge in [-0.3, -0.25) is 4.79 Å². The van der Waals surface area contributed by atoms with Gasteiger partial charge >= 0.3 is 0 Å². The molecule has 0 saturated carbocycles. The van der Waals surface area contributed by atoms with Crippen LogP contribution in [0, 0.1) is 11.6 Å². The largest absolute Gasteiger partial charge is 0.380 e. The van der Waals surface area contributed by atoms with Crippen molar-refractivity contribution in [2.75, 3.05) is 34.8 Å². The summed E-state index contributed by atoms with van der Waals surface area (Å²) in [7, 11) is 0. The number of carbonyl (C=O) groups is 1. The molecule has 2 aliphatic rings. The summed E-state index contributed by atoms with van der Waals surface area (Å²) in [6.07, 6.45) is 2.53. The van der Waals surface area contributed by atoms with Crippen LogP contribution in [-0.2, 0) is 4.79 Å². The van der Waals surface area contributed by atoms with Crippen LogP contribution in [-0.4, -0.2) is 41.2 Å². The Hall–Kier alpha value is -1.34. The standard InChI is InChI=1S/C16H20F2N2O2S/c17-12-9-11(10-13(18)14(12)20-5-1-2-6-20)19-15(21)16(22)3-7-23-8-4-16/h9-10,22H,1-8H2,(H,19,21). The van der Waals surface area contributed by atoms with Crippen molar-refractivity contribution < 1.29 is 18.7 Å². The van der Waals surface area contributed by atoms with Crippen molar-refractivity contribution in [3.8, 4) is 0 Å². The molecule has 0 unspecified atom stereocenters. The average molecular weight is 342 g/mol. The lowest BCUT2D eigenvalue weighted by atomic mass is 9.95. The second-order valence-electron chi connectivity index (χ2n) is 6.08. The van der Waals surface area contributed by atoms with E-state index in [4.69, 9.17) is 0 Å². The SMILES string of the molecule is O=C(Nc1cc(F)c(N2CCCC2)c(F)c1)C1(O)CCSCC1. The minimum Gasteiger partial charge on any atom is -0.380 e. The van der Waals surface area contributed by atoms with Crippen molar-refractivity contribution in [2.45, 2.75) is 31.3 Å². The minimum atomic E-state index is -1.45. The predicted octanol–water partition coefficient (Wildman–Crippen LogP) is 2.76. The third-order valence-electron chi connectivity index (χ3n) is 4.44. The fraction of sp³-hybridized carbons (Fsp3) is 0.562. The highest BCUT2D eigenvalue weighted by Gasteiger charge is 2.37. The van der Waals surface area contributed by atoms with Gasteiger partial charge in [0.05, 0.1) is 0 Å². The van der Waals surface area contributed by atoms with E-state index in [1.807, 2.05) is 0 Å². The zero-order valence-corrected chi connectivity index (χ0v) is 13.6. The third-order valence-corrected chi connectivity index (χ3v) is 5.43. The van der Waals surface area contributed by atoms with E-state index < -0.39 is 23.1 Å². The van der Waals surface area contributed by atoms with Gasteiger partial charge in [-0.05, 0) is 49.3 Å². The lowest BCUT2D eigenvalue weighted by molar-refractivity contribution is -0.134. The number of anilines is 2. The summed E-state index contributed by atoms with van der Waals surface area (Å²) >= 11 is 1.68. The van der Waals surface area contributed by atoms with Crippen molar-refractivity contribution in [3.63, 3.8) is 0 Å². The Morgan fingerprint density at radius 3 is 2.30 bits per heavy atom. The fourth-order valence-corrected chi connectivity index (χ4v) is 4.23. The summed E-state index contributed by atoms with van der Waals surface area (Å²) in [4.78, 5) is 13.9. The van der Waals surface area contributed by atoms with Gasteiger partial charge in [0.1, 0.15) is 11.3 Å².